The van der Waals surface area contributed by atoms with Crippen molar-refractivity contribution in [3.8, 4) is 0 Å². The maximum Gasteiger partial charge on any atom is 0.170 e. The zero-order valence-electron chi connectivity index (χ0n) is 15.7. The van der Waals surface area contributed by atoms with Gasteiger partial charge in [-0.15, -0.1) is 0 Å². The number of rotatable bonds is 3. The molecular formula is C23H27NO2Si. The fourth-order valence-corrected chi connectivity index (χ4v) is 9.55. The SMILES string of the molecule is C1=C[Si](c2ccccc2)(c2ccccc2)CC1N1CCC2(CC1)OCCO2. The number of hydrogen-bond donors (Lipinski definition) is 0. The Bertz CT molecular complexity index is 752. The first-order valence-electron chi connectivity index (χ1n) is 10.1. The van der Waals surface area contributed by atoms with Crippen LogP contribution < -0.4 is 10.4 Å². The predicted octanol–water partition coefficient (Wildman–Crippen LogP) is 2.57. The van der Waals surface area contributed by atoms with Crippen molar-refractivity contribution in [1.29, 1.82) is 0 Å². The number of hydrogen-bond acceptors (Lipinski definition) is 3. The highest BCUT2D eigenvalue weighted by Gasteiger charge is 2.45. The molecule has 0 bridgehead atoms. The average Bonchev–Trinajstić information content (AvgIpc) is 3.39. The molecule has 3 nitrogen and oxygen atoms in total. The van der Waals surface area contributed by atoms with Crippen molar-refractivity contribution in [1.82, 2.24) is 4.90 Å². The summed E-state index contributed by atoms with van der Waals surface area (Å²) >= 11 is 0. The summed E-state index contributed by atoms with van der Waals surface area (Å²) in [5, 5.41) is 3.04. The lowest BCUT2D eigenvalue weighted by Gasteiger charge is -2.40. The van der Waals surface area contributed by atoms with Gasteiger partial charge in [-0.2, -0.15) is 0 Å². The molecule has 2 fully saturated rings. The lowest BCUT2D eigenvalue weighted by atomic mass is 10.0. The van der Waals surface area contributed by atoms with E-state index < -0.39 is 8.07 Å². The summed E-state index contributed by atoms with van der Waals surface area (Å²) in [6, 6.07) is 24.1. The fraction of sp³-hybridized carbons (Fsp3) is 0.391. The highest BCUT2D eigenvalue weighted by atomic mass is 28.3. The van der Waals surface area contributed by atoms with Crippen molar-refractivity contribution in [2.24, 2.45) is 0 Å². The van der Waals surface area contributed by atoms with Crippen LogP contribution in [-0.2, 0) is 9.47 Å². The first-order valence-corrected chi connectivity index (χ1v) is 12.4. The predicted molar refractivity (Wildman–Crippen MR) is 111 cm³/mol. The standard InChI is InChI=1S/C23H27NO2Si/c1-3-7-21(8-4-1)27(22-9-5-2-6-10-22)18-11-20(19-27)24-14-12-23(13-15-24)25-16-17-26-23/h1-11,18,20H,12-17,19H2. The quantitative estimate of drug-likeness (QED) is 0.768. The highest BCUT2D eigenvalue weighted by Crippen LogP contribution is 2.35. The van der Waals surface area contributed by atoms with E-state index in [2.05, 4.69) is 77.3 Å². The Kier molecular flexibility index (Phi) is 4.52. The molecule has 1 atom stereocenters. The molecule has 0 radical (unpaired) electrons. The van der Waals surface area contributed by atoms with Gasteiger partial charge >= 0.3 is 0 Å². The summed E-state index contributed by atoms with van der Waals surface area (Å²) in [7, 11) is -1.86. The fourth-order valence-electron chi connectivity index (χ4n) is 5.04. The van der Waals surface area contributed by atoms with Gasteiger partial charge in [-0.3, -0.25) is 4.90 Å². The monoisotopic (exact) mass is 377 g/mol. The van der Waals surface area contributed by atoms with E-state index in [1.165, 1.54) is 16.4 Å². The molecule has 3 aliphatic rings. The van der Waals surface area contributed by atoms with Crippen molar-refractivity contribution < 1.29 is 9.47 Å². The third kappa shape index (κ3) is 3.11. The van der Waals surface area contributed by atoms with E-state index in [0.29, 0.717) is 6.04 Å². The summed E-state index contributed by atoms with van der Waals surface area (Å²) in [6.45, 7) is 3.62. The van der Waals surface area contributed by atoms with Crippen molar-refractivity contribution in [2.45, 2.75) is 30.7 Å². The second kappa shape index (κ2) is 7.02. The largest absolute Gasteiger partial charge is 0.347 e. The maximum absolute atomic E-state index is 5.91. The second-order valence-electron chi connectivity index (χ2n) is 7.98. The van der Waals surface area contributed by atoms with Crippen LogP contribution in [0.1, 0.15) is 12.8 Å². The molecular weight excluding hydrogens is 350 g/mol. The van der Waals surface area contributed by atoms with Crippen molar-refractivity contribution in [3.05, 3.63) is 72.4 Å². The van der Waals surface area contributed by atoms with Gasteiger partial charge in [0.15, 0.2) is 5.79 Å². The van der Waals surface area contributed by atoms with Gasteiger partial charge in [-0.05, 0) is 16.4 Å². The molecule has 3 aliphatic heterocycles. The molecule has 27 heavy (non-hydrogen) atoms. The van der Waals surface area contributed by atoms with Crippen LogP contribution in [0.5, 0.6) is 0 Å². The van der Waals surface area contributed by atoms with Gasteiger partial charge in [-0.25, -0.2) is 0 Å². The van der Waals surface area contributed by atoms with Crippen LogP contribution in [0.15, 0.2) is 72.4 Å². The molecule has 2 saturated heterocycles. The van der Waals surface area contributed by atoms with Gasteiger partial charge in [0.1, 0.15) is 8.07 Å². The third-order valence-electron chi connectivity index (χ3n) is 6.55. The molecule has 0 N–H and O–H groups in total. The van der Waals surface area contributed by atoms with Gasteiger partial charge in [0.05, 0.1) is 13.2 Å². The van der Waals surface area contributed by atoms with Gasteiger partial charge in [0, 0.05) is 32.0 Å². The van der Waals surface area contributed by atoms with Crippen LogP contribution in [0.3, 0.4) is 0 Å². The Labute approximate surface area is 162 Å². The Balaban J connectivity index is 1.39. The Morgan fingerprint density at radius 2 is 1.37 bits per heavy atom. The molecule has 2 aromatic rings. The minimum atomic E-state index is -1.86. The van der Waals surface area contributed by atoms with Gasteiger partial charge < -0.3 is 9.47 Å². The van der Waals surface area contributed by atoms with E-state index in [9.17, 15) is 0 Å². The number of nitrogens with zero attached hydrogens (tertiary/aromatic N) is 1. The topological polar surface area (TPSA) is 21.7 Å². The van der Waals surface area contributed by atoms with Crippen LogP contribution >= 0.6 is 0 Å². The first-order chi connectivity index (χ1) is 13.3. The van der Waals surface area contributed by atoms with Gasteiger partial charge in [-0.1, -0.05) is 72.4 Å². The van der Waals surface area contributed by atoms with E-state index in [0.717, 1.165) is 39.1 Å². The summed E-state index contributed by atoms with van der Waals surface area (Å²) in [5.74, 6) is -0.286. The summed E-state index contributed by atoms with van der Waals surface area (Å²) in [4.78, 5) is 2.65. The molecule has 3 heterocycles. The van der Waals surface area contributed by atoms with Gasteiger partial charge in [0.25, 0.3) is 0 Å². The normalized spacial score (nSPS) is 26.6. The molecule has 0 saturated carbocycles. The third-order valence-corrected chi connectivity index (χ3v) is 11.1. The number of piperidine rings is 1. The number of benzene rings is 2. The van der Waals surface area contributed by atoms with Crippen LogP contribution in [0, 0.1) is 0 Å². The molecule has 5 rings (SSSR count). The molecule has 140 valence electrons. The lowest BCUT2D eigenvalue weighted by molar-refractivity contribution is -0.186. The first kappa shape index (κ1) is 17.4. The molecule has 0 amide bonds. The second-order valence-corrected chi connectivity index (χ2v) is 11.8. The zero-order valence-corrected chi connectivity index (χ0v) is 16.7. The Hall–Kier alpha value is -1.72. The van der Waals surface area contributed by atoms with E-state index in [1.54, 1.807) is 0 Å². The number of likely N-dealkylation sites (tertiary alicyclic amines) is 1. The van der Waals surface area contributed by atoms with E-state index in [4.69, 9.17) is 9.47 Å². The Morgan fingerprint density at radius 1 is 0.815 bits per heavy atom. The summed E-state index contributed by atoms with van der Waals surface area (Å²) in [6.07, 6.45) is 4.46. The highest BCUT2D eigenvalue weighted by molar-refractivity contribution is 7.06. The maximum atomic E-state index is 5.91. The van der Waals surface area contributed by atoms with E-state index in [-0.39, 0.29) is 5.79 Å². The zero-order chi connectivity index (χ0) is 18.2. The van der Waals surface area contributed by atoms with Crippen LogP contribution in [-0.4, -0.2) is 51.1 Å². The van der Waals surface area contributed by atoms with Crippen molar-refractivity contribution in [2.75, 3.05) is 26.3 Å². The molecule has 4 heteroatoms. The summed E-state index contributed by atoms with van der Waals surface area (Å²) < 4.78 is 11.8. The lowest BCUT2D eigenvalue weighted by Crippen LogP contribution is -2.58. The minimum Gasteiger partial charge on any atom is -0.347 e. The van der Waals surface area contributed by atoms with Gasteiger partial charge in [0.2, 0.25) is 0 Å². The summed E-state index contributed by atoms with van der Waals surface area (Å²) in [5.41, 5.74) is 2.58. The van der Waals surface area contributed by atoms with Crippen LogP contribution in [0.4, 0.5) is 0 Å². The number of ether oxygens (including phenoxy) is 2. The van der Waals surface area contributed by atoms with E-state index >= 15 is 0 Å². The molecule has 0 aliphatic carbocycles. The van der Waals surface area contributed by atoms with Crippen LogP contribution in [0.25, 0.3) is 0 Å². The van der Waals surface area contributed by atoms with Crippen molar-refractivity contribution >= 4 is 18.4 Å². The molecule has 2 aromatic carbocycles. The van der Waals surface area contributed by atoms with Crippen molar-refractivity contribution in [3.63, 3.8) is 0 Å². The van der Waals surface area contributed by atoms with Crippen LogP contribution in [0.2, 0.25) is 6.04 Å². The average molecular weight is 378 g/mol. The molecule has 1 unspecified atom stereocenters. The Morgan fingerprint density at radius 3 is 1.93 bits per heavy atom. The minimum absolute atomic E-state index is 0.286. The smallest absolute Gasteiger partial charge is 0.170 e. The van der Waals surface area contributed by atoms with E-state index in [1.807, 2.05) is 0 Å². The molecule has 1 spiro atoms. The molecule has 0 aromatic heterocycles.